The highest BCUT2D eigenvalue weighted by Crippen LogP contribution is 2.32. The van der Waals surface area contributed by atoms with Crippen LogP contribution in [-0.4, -0.2) is 37.8 Å². The van der Waals surface area contributed by atoms with Gasteiger partial charge in [-0.3, -0.25) is 4.79 Å². The van der Waals surface area contributed by atoms with Crippen LogP contribution < -0.4 is 0 Å². The molecule has 0 fully saturated rings. The molecule has 1 amide bonds. The summed E-state index contributed by atoms with van der Waals surface area (Å²) in [4.78, 5) is 25.2. The van der Waals surface area contributed by atoms with Crippen molar-refractivity contribution in [1.82, 2.24) is 4.31 Å². The normalized spacial score (nSPS) is 15.1. The summed E-state index contributed by atoms with van der Waals surface area (Å²) in [6.07, 6.45) is 0. The number of hydrogen-bond acceptors (Lipinski definition) is 6. The lowest BCUT2D eigenvalue weighted by Gasteiger charge is -2.14. The Morgan fingerprint density at radius 1 is 1.11 bits per heavy atom. The van der Waals surface area contributed by atoms with Gasteiger partial charge in [-0.15, -0.1) is 11.3 Å². The average molecular weight is 401 g/mol. The molecular weight excluding hydrogens is 386 g/mol. The molecule has 2 heterocycles. The Morgan fingerprint density at radius 2 is 1.81 bits per heavy atom. The maximum Gasteiger partial charge on any atom is 0.348 e. The van der Waals surface area contributed by atoms with Crippen molar-refractivity contribution in [2.24, 2.45) is 0 Å². The minimum absolute atomic E-state index is 0.0123. The van der Waals surface area contributed by atoms with E-state index in [0.717, 1.165) is 20.0 Å². The minimum atomic E-state index is -3.89. The Labute approximate surface area is 160 Å². The molecule has 1 aliphatic heterocycles. The highest BCUT2D eigenvalue weighted by molar-refractivity contribution is 7.90. The number of aryl methyl sites for hydroxylation is 1. The molecular formula is C19H15NO5S2. The monoisotopic (exact) mass is 401 g/mol. The largest absolute Gasteiger partial charge is 0.460 e. The number of fused-ring (bicyclic) bond motifs is 2. The molecule has 0 atom stereocenters. The first-order valence-electron chi connectivity index (χ1n) is 8.22. The van der Waals surface area contributed by atoms with Crippen molar-refractivity contribution in [2.75, 3.05) is 13.2 Å². The molecule has 0 radical (unpaired) electrons. The van der Waals surface area contributed by atoms with E-state index in [4.69, 9.17) is 4.74 Å². The topological polar surface area (TPSA) is 80.8 Å². The van der Waals surface area contributed by atoms with Crippen LogP contribution in [0.2, 0.25) is 0 Å². The number of nitrogens with zero attached hydrogens (tertiary/aromatic N) is 1. The van der Waals surface area contributed by atoms with Crippen LogP contribution in [0.15, 0.2) is 53.4 Å². The van der Waals surface area contributed by atoms with Crippen LogP contribution in [0, 0.1) is 6.92 Å². The molecule has 1 aliphatic rings. The van der Waals surface area contributed by atoms with Crippen LogP contribution in [0.4, 0.5) is 0 Å². The molecule has 0 saturated carbocycles. The molecule has 0 unspecified atom stereocenters. The lowest BCUT2D eigenvalue weighted by molar-refractivity contribution is 0.0482. The molecule has 6 nitrogen and oxygen atoms in total. The Morgan fingerprint density at radius 3 is 2.56 bits per heavy atom. The van der Waals surface area contributed by atoms with E-state index < -0.39 is 21.9 Å². The molecule has 0 saturated heterocycles. The summed E-state index contributed by atoms with van der Waals surface area (Å²) in [5.74, 6) is -1.12. The van der Waals surface area contributed by atoms with Crippen LogP contribution >= 0.6 is 11.3 Å². The molecule has 3 aromatic rings. The number of ether oxygens (including phenoxy) is 1. The Bertz CT molecular complexity index is 1180. The van der Waals surface area contributed by atoms with Crippen molar-refractivity contribution >= 4 is 43.3 Å². The molecule has 0 spiro atoms. The first kappa shape index (κ1) is 17.7. The van der Waals surface area contributed by atoms with Gasteiger partial charge in [0.1, 0.15) is 16.4 Å². The number of benzene rings is 2. The fraction of sp³-hybridized carbons (Fsp3) is 0.158. The number of amides is 1. The zero-order valence-electron chi connectivity index (χ0n) is 14.3. The Balaban J connectivity index is 1.48. The SMILES string of the molecule is Cc1c(C(=O)OCCN2C(=O)c3ccccc3S2(=O)=O)sc2ccccc12. The Kier molecular flexibility index (Phi) is 4.24. The van der Waals surface area contributed by atoms with Gasteiger partial charge in [0.2, 0.25) is 0 Å². The van der Waals surface area contributed by atoms with Gasteiger partial charge in [-0.2, -0.15) is 0 Å². The van der Waals surface area contributed by atoms with Crippen LogP contribution in [0.1, 0.15) is 25.6 Å². The van der Waals surface area contributed by atoms with Crippen molar-refractivity contribution < 1.29 is 22.7 Å². The van der Waals surface area contributed by atoms with E-state index in [2.05, 4.69) is 0 Å². The molecule has 0 bridgehead atoms. The number of carbonyl (C=O) groups is 2. The average Bonchev–Trinajstić information content (AvgIpc) is 3.10. The van der Waals surface area contributed by atoms with Gasteiger partial charge >= 0.3 is 5.97 Å². The van der Waals surface area contributed by atoms with Crippen molar-refractivity contribution in [2.45, 2.75) is 11.8 Å². The van der Waals surface area contributed by atoms with Crippen LogP contribution in [0.25, 0.3) is 10.1 Å². The van der Waals surface area contributed by atoms with Gasteiger partial charge in [-0.1, -0.05) is 30.3 Å². The summed E-state index contributed by atoms with van der Waals surface area (Å²) in [5, 5.41) is 0.988. The Hall–Kier alpha value is -2.71. The third-order valence-corrected chi connectivity index (χ3v) is 7.56. The molecule has 1 aromatic heterocycles. The van der Waals surface area contributed by atoms with Gasteiger partial charge in [0, 0.05) is 4.70 Å². The second kappa shape index (κ2) is 6.47. The lowest BCUT2D eigenvalue weighted by atomic mass is 10.1. The van der Waals surface area contributed by atoms with Gasteiger partial charge in [-0.05, 0) is 36.1 Å². The van der Waals surface area contributed by atoms with Crippen molar-refractivity contribution in [1.29, 1.82) is 0 Å². The number of thiophene rings is 1. The highest BCUT2D eigenvalue weighted by Gasteiger charge is 2.40. The second-order valence-electron chi connectivity index (χ2n) is 6.07. The molecule has 0 aliphatic carbocycles. The predicted octanol–water partition coefficient (Wildman–Crippen LogP) is 3.21. The van der Waals surface area contributed by atoms with E-state index in [-0.39, 0.29) is 23.6 Å². The predicted molar refractivity (Wildman–Crippen MR) is 102 cm³/mol. The third kappa shape index (κ3) is 2.81. The smallest absolute Gasteiger partial charge is 0.348 e. The summed E-state index contributed by atoms with van der Waals surface area (Å²) in [5.41, 5.74) is 0.974. The highest BCUT2D eigenvalue weighted by atomic mass is 32.2. The molecule has 0 N–H and O–H groups in total. The number of rotatable bonds is 4. The second-order valence-corrected chi connectivity index (χ2v) is 8.95. The maximum absolute atomic E-state index is 12.5. The summed E-state index contributed by atoms with van der Waals surface area (Å²) in [6.45, 7) is 1.43. The fourth-order valence-corrected chi connectivity index (χ4v) is 5.76. The van der Waals surface area contributed by atoms with Crippen molar-refractivity contribution in [3.8, 4) is 0 Å². The summed E-state index contributed by atoms with van der Waals surface area (Å²) in [6, 6.07) is 13.7. The standard InChI is InChI=1S/C19H15NO5S2/c1-12-13-6-2-4-8-15(13)26-17(12)19(22)25-11-10-20-18(21)14-7-3-5-9-16(14)27(20,23)24/h2-9H,10-11H2,1H3. The lowest BCUT2D eigenvalue weighted by Crippen LogP contribution is -2.33. The fourth-order valence-electron chi connectivity index (χ4n) is 3.11. The van der Waals surface area contributed by atoms with E-state index in [0.29, 0.717) is 4.88 Å². The summed E-state index contributed by atoms with van der Waals surface area (Å²) < 4.78 is 31.9. The molecule has 8 heteroatoms. The molecule has 27 heavy (non-hydrogen) atoms. The van der Waals surface area contributed by atoms with E-state index in [1.165, 1.54) is 23.5 Å². The zero-order chi connectivity index (χ0) is 19.2. The quantitative estimate of drug-likeness (QED) is 0.627. The summed E-state index contributed by atoms with van der Waals surface area (Å²) >= 11 is 1.33. The van der Waals surface area contributed by atoms with Gasteiger partial charge in [-0.25, -0.2) is 17.5 Å². The van der Waals surface area contributed by atoms with Crippen LogP contribution in [-0.2, 0) is 14.8 Å². The molecule has 2 aromatic carbocycles. The zero-order valence-corrected chi connectivity index (χ0v) is 16.0. The first-order chi connectivity index (χ1) is 12.9. The van der Waals surface area contributed by atoms with E-state index in [1.807, 2.05) is 31.2 Å². The van der Waals surface area contributed by atoms with E-state index >= 15 is 0 Å². The molecule has 4 rings (SSSR count). The van der Waals surface area contributed by atoms with Gasteiger partial charge in [0.15, 0.2) is 0 Å². The van der Waals surface area contributed by atoms with Gasteiger partial charge in [0.05, 0.1) is 12.1 Å². The number of esters is 1. The number of carbonyl (C=O) groups excluding carboxylic acids is 2. The first-order valence-corrected chi connectivity index (χ1v) is 10.5. The van der Waals surface area contributed by atoms with Crippen LogP contribution in [0.5, 0.6) is 0 Å². The van der Waals surface area contributed by atoms with Crippen molar-refractivity contribution in [3.63, 3.8) is 0 Å². The van der Waals surface area contributed by atoms with Gasteiger partial charge in [0.25, 0.3) is 15.9 Å². The number of hydrogen-bond donors (Lipinski definition) is 0. The van der Waals surface area contributed by atoms with E-state index in [1.54, 1.807) is 12.1 Å². The maximum atomic E-state index is 12.5. The third-order valence-electron chi connectivity index (χ3n) is 4.47. The summed E-state index contributed by atoms with van der Waals surface area (Å²) in [7, 11) is -3.89. The van der Waals surface area contributed by atoms with Crippen LogP contribution in [0.3, 0.4) is 0 Å². The minimum Gasteiger partial charge on any atom is -0.460 e. The molecule has 138 valence electrons. The van der Waals surface area contributed by atoms with E-state index in [9.17, 15) is 18.0 Å². The van der Waals surface area contributed by atoms with Crippen molar-refractivity contribution in [3.05, 3.63) is 64.5 Å². The van der Waals surface area contributed by atoms with Gasteiger partial charge < -0.3 is 4.74 Å². The number of sulfonamides is 1.